The molecule has 15 heteroatoms. The lowest BCUT2D eigenvalue weighted by molar-refractivity contribution is -0.137. The molecule has 0 aliphatic carbocycles. The third-order valence-electron chi connectivity index (χ3n) is 10.2. The molecule has 0 spiro atoms. The number of rotatable bonds is 33. The van der Waals surface area contributed by atoms with Gasteiger partial charge in [-0.15, -0.1) is 0 Å². The average Bonchev–Trinajstić information content (AvgIpc) is 3.27. The van der Waals surface area contributed by atoms with Gasteiger partial charge in [-0.1, -0.05) is 59.7 Å². The molecule has 334 valence electrons. The van der Waals surface area contributed by atoms with Crippen molar-refractivity contribution in [1.29, 1.82) is 0 Å². The van der Waals surface area contributed by atoms with Crippen molar-refractivity contribution < 1.29 is 43.2 Å². The largest absolute Gasteiger partial charge is 0.491 e. The lowest BCUT2D eigenvalue weighted by atomic mass is 9.87. The third-order valence-corrected chi connectivity index (χ3v) is 10.2. The summed E-state index contributed by atoms with van der Waals surface area (Å²) in [6.07, 6.45) is 5.92. The van der Waals surface area contributed by atoms with Crippen molar-refractivity contribution in [3.8, 4) is 16.9 Å². The van der Waals surface area contributed by atoms with Crippen LogP contribution >= 0.6 is 0 Å². The van der Waals surface area contributed by atoms with Gasteiger partial charge in [-0.2, -0.15) is 0 Å². The number of unbranched alkanes of at least 4 members (excludes halogenated alkanes) is 2. The van der Waals surface area contributed by atoms with Gasteiger partial charge in [0.2, 0.25) is 5.91 Å². The highest BCUT2D eigenvalue weighted by atomic mass is 16.6. The molecular formula is C47H62N6O9. The van der Waals surface area contributed by atoms with Crippen molar-refractivity contribution in [2.45, 2.75) is 76.7 Å². The maximum atomic E-state index is 13.8. The number of amides is 1. The van der Waals surface area contributed by atoms with Crippen LogP contribution in [0.2, 0.25) is 0 Å². The van der Waals surface area contributed by atoms with Gasteiger partial charge in [0.15, 0.2) is 5.78 Å². The van der Waals surface area contributed by atoms with E-state index < -0.39 is 17.9 Å². The molecule has 3 aromatic carbocycles. The Morgan fingerprint density at radius 2 is 1.48 bits per heavy atom. The molecule has 0 bridgehead atoms. The first-order chi connectivity index (χ1) is 30.3. The summed E-state index contributed by atoms with van der Waals surface area (Å²) in [4.78, 5) is 45.9. The minimum atomic E-state index is -1.000. The van der Waals surface area contributed by atoms with E-state index in [1.165, 1.54) is 0 Å². The Bertz CT molecular complexity index is 2010. The lowest BCUT2D eigenvalue weighted by Crippen LogP contribution is -2.41. The molecular weight excluding hydrogens is 793 g/mol. The monoisotopic (exact) mass is 854 g/mol. The van der Waals surface area contributed by atoms with Gasteiger partial charge in [0.25, 0.3) is 0 Å². The number of carbonyl (C=O) groups is 3. The van der Waals surface area contributed by atoms with Crippen LogP contribution in [-0.4, -0.2) is 106 Å². The molecule has 0 aliphatic rings. The van der Waals surface area contributed by atoms with Crippen LogP contribution in [0, 0.1) is 6.92 Å². The number of carboxylic acid groups (broad SMARTS) is 1. The molecule has 0 aliphatic heterocycles. The summed E-state index contributed by atoms with van der Waals surface area (Å²) >= 11 is 0. The van der Waals surface area contributed by atoms with E-state index in [-0.39, 0.29) is 24.5 Å². The number of aliphatic carboxylic acids is 1. The molecule has 0 radical (unpaired) electrons. The average molecular weight is 855 g/mol. The predicted molar refractivity (Wildman–Crippen MR) is 238 cm³/mol. The highest BCUT2D eigenvalue weighted by Crippen LogP contribution is 2.36. The number of benzene rings is 3. The van der Waals surface area contributed by atoms with E-state index in [2.05, 4.69) is 20.3 Å². The summed E-state index contributed by atoms with van der Waals surface area (Å²) in [6, 6.07) is 22.9. The summed E-state index contributed by atoms with van der Waals surface area (Å²) in [6.45, 7) is 6.50. The number of ether oxygens (including phenoxy) is 5. The number of nitrogens with one attached hydrogen (secondary N) is 1. The van der Waals surface area contributed by atoms with Crippen LogP contribution in [0.4, 0.5) is 0 Å². The number of pyridine rings is 1. The number of carbonyl (C=O) groups excluding carboxylic acids is 2. The zero-order chi connectivity index (χ0) is 44.2. The van der Waals surface area contributed by atoms with Crippen LogP contribution in [0.1, 0.15) is 74.1 Å². The molecule has 4 N–H and O–H groups in total. The number of ketones is 1. The first kappa shape index (κ1) is 49.2. The second kappa shape index (κ2) is 29.0. The number of nitrogens with two attached hydrogens (primary N) is 1. The molecule has 0 saturated heterocycles. The topological polar surface area (TPSA) is 217 Å². The van der Waals surface area contributed by atoms with Gasteiger partial charge in [-0.25, -0.2) is 0 Å². The molecule has 1 aromatic heterocycles. The Kier molecular flexibility index (Phi) is 23.0. The molecule has 0 unspecified atom stereocenters. The zero-order valence-corrected chi connectivity index (χ0v) is 35.9. The normalized spacial score (nSPS) is 12.1. The van der Waals surface area contributed by atoms with Gasteiger partial charge in [0.1, 0.15) is 12.4 Å². The number of Topliss-reactive ketones (excluding diaryl/α,β-unsaturated/α-hetero) is 1. The maximum absolute atomic E-state index is 13.8. The molecule has 62 heavy (non-hydrogen) atoms. The van der Waals surface area contributed by atoms with Crippen molar-refractivity contribution in [2.75, 3.05) is 72.6 Å². The molecule has 2 atom stereocenters. The summed E-state index contributed by atoms with van der Waals surface area (Å²) in [5.74, 6) is -1.21. The smallest absolute Gasteiger partial charge is 0.303 e. The predicted octanol–water partition coefficient (Wildman–Crippen LogP) is 7.51. The van der Waals surface area contributed by atoms with E-state index in [9.17, 15) is 19.5 Å². The fourth-order valence-electron chi connectivity index (χ4n) is 7.01. The van der Waals surface area contributed by atoms with Gasteiger partial charge in [-0.3, -0.25) is 19.4 Å². The maximum Gasteiger partial charge on any atom is 0.303 e. The summed E-state index contributed by atoms with van der Waals surface area (Å²) < 4.78 is 28.1. The molecule has 0 fully saturated rings. The van der Waals surface area contributed by atoms with Gasteiger partial charge in [0, 0.05) is 47.5 Å². The number of hydrogen-bond acceptors (Lipinski definition) is 11. The molecule has 4 aromatic rings. The molecule has 1 heterocycles. The van der Waals surface area contributed by atoms with Gasteiger partial charge >= 0.3 is 5.97 Å². The van der Waals surface area contributed by atoms with Crippen LogP contribution < -0.4 is 15.8 Å². The quantitative estimate of drug-likeness (QED) is 0.0184. The van der Waals surface area contributed by atoms with Crippen molar-refractivity contribution in [1.82, 2.24) is 10.3 Å². The lowest BCUT2D eigenvalue weighted by Gasteiger charge is -2.22. The number of aryl methyl sites for hydroxylation is 2. The highest BCUT2D eigenvalue weighted by molar-refractivity contribution is 6.00. The number of carboxylic acids is 1. The van der Waals surface area contributed by atoms with Crippen LogP contribution in [0.3, 0.4) is 0 Å². The number of fused-ring (bicyclic) bond motifs is 1. The minimum absolute atomic E-state index is 0.0149. The molecule has 15 nitrogen and oxygen atoms in total. The Hall–Kier alpha value is -5.41. The van der Waals surface area contributed by atoms with E-state index in [0.29, 0.717) is 98.2 Å². The van der Waals surface area contributed by atoms with E-state index in [0.717, 1.165) is 63.7 Å². The van der Waals surface area contributed by atoms with Crippen molar-refractivity contribution in [3.63, 3.8) is 0 Å². The molecule has 0 saturated carbocycles. The fourth-order valence-corrected chi connectivity index (χ4v) is 7.01. The first-order valence-corrected chi connectivity index (χ1v) is 21.5. The minimum Gasteiger partial charge on any atom is -0.491 e. The second-order valence-corrected chi connectivity index (χ2v) is 14.9. The summed E-state index contributed by atoms with van der Waals surface area (Å²) in [7, 11) is 0. The van der Waals surface area contributed by atoms with Crippen LogP contribution in [-0.2, 0) is 39.8 Å². The second-order valence-electron chi connectivity index (χ2n) is 14.9. The number of aromatic nitrogens is 1. The Morgan fingerprint density at radius 3 is 2.15 bits per heavy atom. The number of azide groups is 1. The van der Waals surface area contributed by atoms with Crippen LogP contribution in [0.25, 0.3) is 32.3 Å². The van der Waals surface area contributed by atoms with E-state index in [1.54, 1.807) is 6.20 Å². The van der Waals surface area contributed by atoms with Crippen molar-refractivity contribution in [2.24, 2.45) is 10.8 Å². The summed E-state index contributed by atoms with van der Waals surface area (Å²) in [5, 5.41) is 18.1. The van der Waals surface area contributed by atoms with Gasteiger partial charge in [0.05, 0.1) is 65.3 Å². The van der Waals surface area contributed by atoms with Crippen LogP contribution in [0.15, 0.2) is 84.1 Å². The third kappa shape index (κ3) is 18.3. The van der Waals surface area contributed by atoms with Crippen molar-refractivity contribution in [3.05, 3.63) is 106 Å². The standard InChI is InChI=1S/C47H62N6O9/c1-35-19-21-50-39(32-35)8-2-5-12-46(55)52-43(11-6-7-20-48)44(54)33-38(34-47(56)57)36-13-15-37(16-14-36)40-17-18-45(42-10-4-3-9-41(40)42)62-31-30-61-29-28-60-27-26-59-25-24-58-23-22-51-53-49/h3-4,9-10,13-19,21,32,38,43H,2,5-8,11-12,20,22-31,33-34,48H2,1H3,(H,52,55)(H,56,57)/t38-,43-/m0/s1. The van der Waals surface area contributed by atoms with E-state index in [4.69, 9.17) is 34.9 Å². The van der Waals surface area contributed by atoms with Crippen LogP contribution in [0.5, 0.6) is 5.75 Å². The van der Waals surface area contributed by atoms with Crippen molar-refractivity contribution >= 4 is 28.4 Å². The van der Waals surface area contributed by atoms with Gasteiger partial charge < -0.3 is 39.8 Å². The fraction of sp³-hybridized carbons (Fsp3) is 0.489. The highest BCUT2D eigenvalue weighted by Gasteiger charge is 2.26. The Labute approximate surface area is 364 Å². The first-order valence-electron chi connectivity index (χ1n) is 21.5. The number of nitrogens with zero attached hydrogens (tertiary/aromatic N) is 4. The van der Waals surface area contributed by atoms with E-state index >= 15 is 0 Å². The molecule has 1 amide bonds. The van der Waals surface area contributed by atoms with Gasteiger partial charge in [-0.05, 0) is 103 Å². The molecule has 4 rings (SSSR count). The summed E-state index contributed by atoms with van der Waals surface area (Å²) in [5.41, 5.74) is 18.8. The number of hydrogen-bond donors (Lipinski definition) is 3. The zero-order valence-electron chi connectivity index (χ0n) is 35.9. The Morgan fingerprint density at radius 1 is 0.806 bits per heavy atom. The SMILES string of the molecule is Cc1ccnc(CCCCC(=O)N[C@@H](CCCCN)C(=O)C[C@@H](CC(=O)O)c2ccc(-c3ccc(OCCOCCOCCOCCOCCN=[N+]=[N-])c4ccccc34)cc2)c1. The Balaban J connectivity index is 1.28. The van der Waals surface area contributed by atoms with E-state index in [1.807, 2.05) is 79.7 Å².